The highest BCUT2D eigenvalue weighted by atomic mass is 35.5. The second-order valence-electron chi connectivity index (χ2n) is 5.12. The number of halogens is 1. The quantitative estimate of drug-likeness (QED) is 0.889. The van der Waals surface area contributed by atoms with Gasteiger partial charge in [0.2, 0.25) is 5.91 Å². The summed E-state index contributed by atoms with van der Waals surface area (Å²) in [5.41, 5.74) is 13.2. The number of carbonyl (C=O) groups is 1. The average Bonchev–Trinajstić information content (AvgIpc) is 2.38. The van der Waals surface area contributed by atoms with Gasteiger partial charge in [-0.3, -0.25) is 4.79 Å². The average molecular weight is 282 g/mol. The Bertz CT molecular complexity index is 478. The van der Waals surface area contributed by atoms with Crippen LogP contribution in [0.5, 0.6) is 0 Å². The molecule has 1 saturated heterocycles. The third-order valence-corrected chi connectivity index (χ3v) is 4.25. The number of amides is 1. The summed E-state index contributed by atoms with van der Waals surface area (Å²) in [7, 11) is 0. The van der Waals surface area contributed by atoms with Gasteiger partial charge in [-0.15, -0.1) is 0 Å². The standard InChI is InChI=1S/C14H20ClN3O/c1-9-5-6-10(14(17)19)8-18(9)13-4-2-3-12(15)11(13)7-16/h2-4,9-10H,5-8,16H2,1H3,(H2,17,19). The molecule has 2 atom stereocenters. The van der Waals surface area contributed by atoms with Crippen molar-refractivity contribution < 1.29 is 4.79 Å². The predicted molar refractivity (Wildman–Crippen MR) is 78.1 cm³/mol. The van der Waals surface area contributed by atoms with Crippen molar-refractivity contribution in [1.29, 1.82) is 0 Å². The molecule has 0 saturated carbocycles. The number of benzene rings is 1. The van der Waals surface area contributed by atoms with Gasteiger partial charge in [0.15, 0.2) is 0 Å². The maximum Gasteiger partial charge on any atom is 0.222 e. The van der Waals surface area contributed by atoms with Crippen LogP contribution in [0.1, 0.15) is 25.3 Å². The number of hydrogen-bond donors (Lipinski definition) is 2. The Morgan fingerprint density at radius 3 is 2.84 bits per heavy atom. The molecule has 0 radical (unpaired) electrons. The van der Waals surface area contributed by atoms with E-state index in [9.17, 15) is 4.79 Å². The maximum absolute atomic E-state index is 11.4. The Labute approximate surface area is 118 Å². The second kappa shape index (κ2) is 5.80. The molecule has 1 aliphatic heterocycles. The molecule has 1 amide bonds. The van der Waals surface area contributed by atoms with E-state index in [2.05, 4.69) is 11.8 Å². The van der Waals surface area contributed by atoms with E-state index in [-0.39, 0.29) is 11.8 Å². The van der Waals surface area contributed by atoms with E-state index in [4.69, 9.17) is 23.1 Å². The second-order valence-corrected chi connectivity index (χ2v) is 5.53. The Morgan fingerprint density at radius 2 is 2.21 bits per heavy atom. The van der Waals surface area contributed by atoms with Crippen LogP contribution in [0.3, 0.4) is 0 Å². The van der Waals surface area contributed by atoms with E-state index in [0.29, 0.717) is 24.2 Å². The van der Waals surface area contributed by atoms with Crippen molar-refractivity contribution in [2.45, 2.75) is 32.4 Å². The third-order valence-electron chi connectivity index (χ3n) is 3.89. The monoisotopic (exact) mass is 281 g/mol. The molecule has 0 aliphatic carbocycles. The van der Waals surface area contributed by atoms with Crippen molar-refractivity contribution >= 4 is 23.2 Å². The van der Waals surface area contributed by atoms with Gasteiger partial charge < -0.3 is 16.4 Å². The van der Waals surface area contributed by atoms with Gasteiger partial charge in [0.1, 0.15) is 0 Å². The molecule has 2 unspecified atom stereocenters. The van der Waals surface area contributed by atoms with Crippen molar-refractivity contribution in [3.8, 4) is 0 Å². The SMILES string of the molecule is CC1CCC(C(N)=O)CN1c1cccc(Cl)c1CN. The summed E-state index contributed by atoms with van der Waals surface area (Å²) < 4.78 is 0. The fourth-order valence-electron chi connectivity index (χ4n) is 2.69. The van der Waals surface area contributed by atoms with Crippen LogP contribution >= 0.6 is 11.6 Å². The molecular formula is C14H20ClN3O. The molecule has 0 spiro atoms. The Morgan fingerprint density at radius 1 is 1.47 bits per heavy atom. The Kier molecular flexibility index (Phi) is 4.32. The number of nitrogens with two attached hydrogens (primary N) is 2. The minimum absolute atomic E-state index is 0.0965. The lowest BCUT2D eigenvalue weighted by atomic mass is 9.92. The molecular weight excluding hydrogens is 262 g/mol. The molecule has 104 valence electrons. The topological polar surface area (TPSA) is 72.4 Å². The molecule has 4 nitrogen and oxygen atoms in total. The molecule has 0 bridgehead atoms. The largest absolute Gasteiger partial charge is 0.369 e. The summed E-state index contributed by atoms with van der Waals surface area (Å²) in [6, 6.07) is 6.12. The highest BCUT2D eigenvalue weighted by Gasteiger charge is 2.29. The highest BCUT2D eigenvalue weighted by molar-refractivity contribution is 6.31. The number of primary amides is 1. The first-order valence-electron chi connectivity index (χ1n) is 6.58. The first-order chi connectivity index (χ1) is 9.04. The Balaban J connectivity index is 2.33. The summed E-state index contributed by atoms with van der Waals surface area (Å²) in [6.07, 6.45) is 1.80. The van der Waals surface area contributed by atoms with E-state index >= 15 is 0 Å². The molecule has 1 aliphatic rings. The maximum atomic E-state index is 11.4. The van der Waals surface area contributed by atoms with Crippen molar-refractivity contribution in [3.05, 3.63) is 28.8 Å². The summed E-state index contributed by atoms with van der Waals surface area (Å²) in [4.78, 5) is 13.6. The van der Waals surface area contributed by atoms with E-state index in [1.807, 2.05) is 18.2 Å². The molecule has 1 aromatic carbocycles. The summed E-state index contributed by atoms with van der Waals surface area (Å²) >= 11 is 6.20. The zero-order chi connectivity index (χ0) is 14.0. The fraction of sp³-hybridized carbons (Fsp3) is 0.500. The first-order valence-corrected chi connectivity index (χ1v) is 6.95. The summed E-state index contributed by atoms with van der Waals surface area (Å²) in [5, 5.41) is 0.674. The van der Waals surface area contributed by atoms with Crippen LogP contribution in [-0.4, -0.2) is 18.5 Å². The predicted octanol–water partition coefficient (Wildman–Crippen LogP) is 1.89. The Hall–Kier alpha value is -1.26. The molecule has 5 heteroatoms. The van der Waals surface area contributed by atoms with E-state index in [1.54, 1.807) is 0 Å². The van der Waals surface area contributed by atoms with Gasteiger partial charge in [0.25, 0.3) is 0 Å². The fourth-order valence-corrected chi connectivity index (χ4v) is 2.94. The summed E-state index contributed by atoms with van der Waals surface area (Å²) in [5.74, 6) is -0.325. The van der Waals surface area contributed by atoms with Crippen molar-refractivity contribution in [2.75, 3.05) is 11.4 Å². The zero-order valence-corrected chi connectivity index (χ0v) is 11.9. The van der Waals surface area contributed by atoms with Crippen molar-refractivity contribution in [1.82, 2.24) is 0 Å². The minimum atomic E-state index is -0.228. The van der Waals surface area contributed by atoms with Gasteiger partial charge in [-0.2, -0.15) is 0 Å². The van der Waals surface area contributed by atoms with Gasteiger partial charge in [0, 0.05) is 35.4 Å². The van der Waals surface area contributed by atoms with Crippen LogP contribution in [0.15, 0.2) is 18.2 Å². The first kappa shape index (κ1) is 14.2. The number of piperidine rings is 1. The van der Waals surface area contributed by atoms with Gasteiger partial charge in [-0.05, 0) is 31.9 Å². The molecule has 0 aromatic heterocycles. The van der Waals surface area contributed by atoms with E-state index < -0.39 is 0 Å². The molecule has 1 heterocycles. The van der Waals surface area contributed by atoms with Crippen LogP contribution in [0, 0.1) is 5.92 Å². The number of carbonyl (C=O) groups excluding carboxylic acids is 1. The molecule has 19 heavy (non-hydrogen) atoms. The number of nitrogens with zero attached hydrogens (tertiary/aromatic N) is 1. The normalized spacial score (nSPS) is 23.4. The molecule has 1 aromatic rings. The highest BCUT2D eigenvalue weighted by Crippen LogP contribution is 2.33. The van der Waals surface area contributed by atoms with Crippen molar-refractivity contribution in [3.63, 3.8) is 0 Å². The lowest BCUT2D eigenvalue weighted by Crippen LogP contribution is -2.46. The smallest absolute Gasteiger partial charge is 0.222 e. The number of hydrogen-bond acceptors (Lipinski definition) is 3. The lowest BCUT2D eigenvalue weighted by Gasteiger charge is -2.39. The third kappa shape index (κ3) is 2.85. The molecule has 2 rings (SSSR count). The van der Waals surface area contributed by atoms with Gasteiger partial charge in [-0.25, -0.2) is 0 Å². The van der Waals surface area contributed by atoms with Crippen molar-refractivity contribution in [2.24, 2.45) is 17.4 Å². The van der Waals surface area contributed by atoms with Gasteiger partial charge in [0.05, 0.1) is 5.92 Å². The zero-order valence-electron chi connectivity index (χ0n) is 11.1. The minimum Gasteiger partial charge on any atom is -0.369 e. The van der Waals surface area contributed by atoms with E-state index in [1.165, 1.54) is 0 Å². The lowest BCUT2D eigenvalue weighted by molar-refractivity contribution is -0.122. The van der Waals surface area contributed by atoms with Gasteiger partial charge >= 0.3 is 0 Å². The number of rotatable bonds is 3. The van der Waals surface area contributed by atoms with E-state index in [0.717, 1.165) is 24.1 Å². The van der Waals surface area contributed by atoms with Gasteiger partial charge in [-0.1, -0.05) is 17.7 Å². The van der Waals surface area contributed by atoms with Crippen LogP contribution in [-0.2, 0) is 11.3 Å². The van der Waals surface area contributed by atoms with Crippen LogP contribution < -0.4 is 16.4 Å². The van der Waals surface area contributed by atoms with Crippen LogP contribution in [0.25, 0.3) is 0 Å². The van der Waals surface area contributed by atoms with Crippen LogP contribution in [0.4, 0.5) is 5.69 Å². The molecule has 4 N–H and O–H groups in total. The summed E-state index contributed by atoms with van der Waals surface area (Å²) in [6.45, 7) is 3.18. The van der Waals surface area contributed by atoms with Crippen LogP contribution in [0.2, 0.25) is 5.02 Å². The molecule has 1 fully saturated rings. The number of anilines is 1.